The number of carbonyl (C=O) groups excluding carboxylic acids is 1. The van der Waals surface area contributed by atoms with Gasteiger partial charge < -0.3 is 5.32 Å². The molecule has 1 amide bonds. The maximum absolute atomic E-state index is 12.7. The molecule has 1 aliphatic rings. The van der Waals surface area contributed by atoms with Gasteiger partial charge in [0, 0.05) is 36.9 Å². The van der Waals surface area contributed by atoms with Crippen molar-refractivity contribution in [2.75, 3.05) is 38.0 Å². The van der Waals surface area contributed by atoms with Gasteiger partial charge in [-0.25, -0.2) is 8.42 Å². The average molecular weight is 394 g/mol. The Morgan fingerprint density at radius 1 is 1.00 bits per heavy atom. The van der Waals surface area contributed by atoms with E-state index in [0.717, 1.165) is 5.69 Å². The van der Waals surface area contributed by atoms with E-state index in [0.29, 0.717) is 31.2 Å². The molecular weight excluding hydrogens is 374 g/mol. The van der Waals surface area contributed by atoms with Crippen molar-refractivity contribution in [3.05, 3.63) is 59.6 Å². The van der Waals surface area contributed by atoms with Crippen LogP contribution in [0.5, 0.6) is 0 Å². The van der Waals surface area contributed by atoms with E-state index in [4.69, 9.17) is 11.6 Å². The zero-order valence-corrected chi connectivity index (χ0v) is 15.7. The molecule has 3 rings (SSSR count). The van der Waals surface area contributed by atoms with Gasteiger partial charge >= 0.3 is 0 Å². The largest absolute Gasteiger partial charge is 0.325 e. The van der Waals surface area contributed by atoms with Crippen molar-refractivity contribution in [3.8, 4) is 0 Å². The molecule has 0 bridgehead atoms. The first-order valence-electron chi connectivity index (χ1n) is 8.28. The number of rotatable bonds is 5. The Kier molecular flexibility index (Phi) is 5.93. The number of benzene rings is 2. The first-order chi connectivity index (χ1) is 12.4. The van der Waals surface area contributed by atoms with Crippen molar-refractivity contribution >= 4 is 33.2 Å². The van der Waals surface area contributed by atoms with Crippen molar-refractivity contribution in [2.24, 2.45) is 0 Å². The van der Waals surface area contributed by atoms with Crippen LogP contribution in [0.3, 0.4) is 0 Å². The summed E-state index contributed by atoms with van der Waals surface area (Å²) in [5, 5.41) is 3.23. The number of anilines is 1. The molecule has 8 heteroatoms. The van der Waals surface area contributed by atoms with Gasteiger partial charge in [0.05, 0.1) is 11.4 Å². The molecule has 1 heterocycles. The third kappa shape index (κ3) is 4.62. The second-order valence-electron chi connectivity index (χ2n) is 6.05. The quantitative estimate of drug-likeness (QED) is 0.846. The summed E-state index contributed by atoms with van der Waals surface area (Å²) in [6.45, 7) is 1.92. The highest BCUT2D eigenvalue weighted by molar-refractivity contribution is 7.89. The lowest BCUT2D eigenvalue weighted by molar-refractivity contribution is -0.117. The number of sulfonamides is 1. The highest BCUT2D eigenvalue weighted by Crippen LogP contribution is 2.20. The Balaban J connectivity index is 1.55. The molecule has 0 aliphatic carbocycles. The third-order valence-electron chi connectivity index (χ3n) is 4.19. The monoisotopic (exact) mass is 393 g/mol. The first kappa shape index (κ1) is 18.8. The third-order valence-corrected chi connectivity index (χ3v) is 6.32. The van der Waals surface area contributed by atoms with E-state index in [9.17, 15) is 13.2 Å². The fourth-order valence-electron chi connectivity index (χ4n) is 2.83. The van der Waals surface area contributed by atoms with Gasteiger partial charge in [-0.1, -0.05) is 35.9 Å². The predicted octanol–water partition coefficient (Wildman–Crippen LogP) is 2.29. The number of amides is 1. The predicted molar refractivity (Wildman–Crippen MR) is 102 cm³/mol. The Labute approximate surface area is 158 Å². The van der Waals surface area contributed by atoms with Crippen LogP contribution >= 0.6 is 11.6 Å². The van der Waals surface area contributed by atoms with Crippen molar-refractivity contribution in [2.45, 2.75) is 4.90 Å². The fourth-order valence-corrected chi connectivity index (χ4v) is 4.55. The number of para-hydroxylation sites is 1. The number of carbonyl (C=O) groups is 1. The van der Waals surface area contributed by atoms with Crippen LogP contribution in [0.15, 0.2) is 59.5 Å². The minimum Gasteiger partial charge on any atom is -0.325 e. The SMILES string of the molecule is O=C(CN1CCN(S(=O)(=O)c2cccc(Cl)c2)CC1)Nc1ccccc1. The van der Waals surface area contributed by atoms with Crippen molar-refractivity contribution in [1.29, 1.82) is 0 Å². The van der Waals surface area contributed by atoms with Crippen LogP contribution in [0.2, 0.25) is 5.02 Å². The molecule has 0 atom stereocenters. The maximum atomic E-state index is 12.7. The van der Waals surface area contributed by atoms with E-state index in [1.54, 1.807) is 18.2 Å². The number of piperazine rings is 1. The molecule has 1 saturated heterocycles. The smallest absolute Gasteiger partial charge is 0.243 e. The highest BCUT2D eigenvalue weighted by atomic mass is 35.5. The van der Waals surface area contributed by atoms with Gasteiger partial charge in [-0.15, -0.1) is 0 Å². The molecule has 1 N–H and O–H groups in total. The Morgan fingerprint density at radius 3 is 2.35 bits per heavy atom. The maximum Gasteiger partial charge on any atom is 0.243 e. The topological polar surface area (TPSA) is 69.7 Å². The molecule has 6 nitrogen and oxygen atoms in total. The first-order valence-corrected chi connectivity index (χ1v) is 10.1. The van der Waals surface area contributed by atoms with Gasteiger partial charge in [-0.05, 0) is 30.3 Å². The standard InChI is InChI=1S/C18H20ClN3O3S/c19-15-5-4-8-17(13-15)26(24,25)22-11-9-21(10-12-22)14-18(23)20-16-6-2-1-3-7-16/h1-8,13H,9-12,14H2,(H,20,23). The van der Waals surface area contributed by atoms with Gasteiger partial charge in [0.2, 0.25) is 15.9 Å². The van der Waals surface area contributed by atoms with Gasteiger partial charge in [0.15, 0.2) is 0 Å². The Hall–Kier alpha value is -1.93. The van der Waals surface area contributed by atoms with Crippen LogP contribution in [-0.2, 0) is 14.8 Å². The van der Waals surface area contributed by atoms with Crippen LogP contribution in [0.4, 0.5) is 5.69 Å². The van der Waals surface area contributed by atoms with E-state index >= 15 is 0 Å². The van der Waals surface area contributed by atoms with Crippen molar-refractivity contribution in [1.82, 2.24) is 9.21 Å². The zero-order chi connectivity index (χ0) is 18.6. The summed E-state index contributed by atoms with van der Waals surface area (Å²) in [5.41, 5.74) is 0.750. The molecule has 2 aromatic rings. The molecule has 1 fully saturated rings. The van der Waals surface area contributed by atoms with E-state index in [1.165, 1.54) is 10.4 Å². The molecular formula is C18H20ClN3O3S. The summed E-state index contributed by atoms with van der Waals surface area (Å²) in [4.78, 5) is 14.3. The van der Waals surface area contributed by atoms with Crippen LogP contribution in [-0.4, -0.2) is 56.3 Å². The average Bonchev–Trinajstić information content (AvgIpc) is 2.63. The van der Waals surface area contributed by atoms with Gasteiger partial charge in [-0.3, -0.25) is 9.69 Å². The minimum absolute atomic E-state index is 0.109. The number of hydrogen-bond donors (Lipinski definition) is 1. The summed E-state index contributed by atoms with van der Waals surface area (Å²) >= 11 is 5.90. The van der Waals surface area contributed by atoms with Gasteiger partial charge in [-0.2, -0.15) is 4.31 Å². The highest BCUT2D eigenvalue weighted by Gasteiger charge is 2.29. The molecule has 138 valence electrons. The van der Waals surface area contributed by atoms with Crippen LogP contribution in [0.25, 0.3) is 0 Å². The molecule has 2 aromatic carbocycles. The lowest BCUT2D eigenvalue weighted by Crippen LogP contribution is -2.50. The normalized spacial score (nSPS) is 16.3. The Bertz CT molecular complexity index is 866. The summed E-state index contributed by atoms with van der Waals surface area (Å²) in [6.07, 6.45) is 0. The molecule has 26 heavy (non-hydrogen) atoms. The van der Waals surface area contributed by atoms with Crippen molar-refractivity contribution < 1.29 is 13.2 Å². The van der Waals surface area contributed by atoms with Crippen LogP contribution in [0.1, 0.15) is 0 Å². The summed E-state index contributed by atoms with van der Waals surface area (Å²) in [6, 6.07) is 15.5. The molecule has 0 spiro atoms. The molecule has 0 radical (unpaired) electrons. The summed E-state index contributed by atoms with van der Waals surface area (Å²) in [5.74, 6) is -0.109. The van der Waals surface area contributed by atoms with Crippen LogP contribution in [0, 0.1) is 0 Å². The fraction of sp³-hybridized carbons (Fsp3) is 0.278. The lowest BCUT2D eigenvalue weighted by Gasteiger charge is -2.33. The summed E-state index contributed by atoms with van der Waals surface area (Å²) < 4.78 is 26.8. The minimum atomic E-state index is -3.56. The van der Waals surface area contributed by atoms with E-state index in [1.807, 2.05) is 35.2 Å². The van der Waals surface area contributed by atoms with E-state index in [2.05, 4.69) is 5.32 Å². The number of halogens is 1. The Morgan fingerprint density at radius 2 is 1.69 bits per heavy atom. The zero-order valence-electron chi connectivity index (χ0n) is 14.1. The van der Waals surface area contributed by atoms with E-state index in [-0.39, 0.29) is 17.3 Å². The van der Waals surface area contributed by atoms with Crippen LogP contribution < -0.4 is 5.32 Å². The number of nitrogens with one attached hydrogen (secondary N) is 1. The van der Waals surface area contributed by atoms with Gasteiger partial charge in [0.25, 0.3) is 0 Å². The molecule has 0 unspecified atom stereocenters. The molecule has 0 aromatic heterocycles. The van der Waals surface area contributed by atoms with E-state index < -0.39 is 10.0 Å². The lowest BCUT2D eigenvalue weighted by atomic mass is 10.3. The second kappa shape index (κ2) is 8.18. The van der Waals surface area contributed by atoms with Crippen molar-refractivity contribution in [3.63, 3.8) is 0 Å². The second-order valence-corrected chi connectivity index (χ2v) is 8.43. The molecule has 0 saturated carbocycles. The number of hydrogen-bond acceptors (Lipinski definition) is 4. The number of nitrogens with zero attached hydrogens (tertiary/aromatic N) is 2. The van der Waals surface area contributed by atoms with Gasteiger partial charge in [0.1, 0.15) is 0 Å². The molecule has 1 aliphatic heterocycles. The summed E-state index contributed by atoms with van der Waals surface area (Å²) in [7, 11) is -3.56.